The molecule has 0 aliphatic carbocycles. The summed E-state index contributed by atoms with van der Waals surface area (Å²) in [5.41, 5.74) is -0.00165. The Labute approximate surface area is 198 Å². The summed E-state index contributed by atoms with van der Waals surface area (Å²) < 4.78 is 130. The highest BCUT2D eigenvalue weighted by molar-refractivity contribution is 5.65. The molecule has 16 heteroatoms. The molecule has 204 valence electrons. The number of alkyl halides is 9. The number of hydrogen-bond donors (Lipinski definition) is 1. The minimum absolute atomic E-state index is 0.303. The Kier molecular flexibility index (Phi) is 8.07. The topological polar surface area (TPSA) is 65.5 Å². The van der Waals surface area contributed by atoms with E-state index in [9.17, 15) is 44.3 Å². The van der Waals surface area contributed by atoms with Gasteiger partial charge in [0.05, 0.1) is 13.2 Å². The lowest BCUT2D eigenvalue weighted by Crippen LogP contribution is -2.62. The monoisotopic (exact) mass is 539 g/mol. The zero-order valence-corrected chi connectivity index (χ0v) is 18.5. The van der Waals surface area contributed by atoms with Crippen molar-refractivity contribution in [2.24, 2.45) is 5.92 Å². The van der Waals surface area contributed by atoms with Crippen LogP contribution in [0.2, 0.25) is 0 Å². The standard InChI is InChI=1S/C20H22F9N3O4/c21-18(22,23)16(19(24,25)26)14-11-32(17(33)34)4-3-31(14)10-12-1-2-13(30-5-7-35-8-6-30)9-15(12)36-20(27,28)29/h1-2,9,14,16H,3-8,10-11H2,(H,33,34). The van der Waals surface area contributed by atoms with Gasteiger partial charge in [-0.25, -0.2) is 4.79 Å². The summed E-state index contributed by atoms with van der Waals surface area (Å²) in [6, 6.07) is 1.12. The number of anilines is 1. The quantitative estimate of drug-likeness (QED) is 0.563. The number of morpholine rings is 1. The first-order chi connectivity index (χ1) is 16.6. The van der Waals surface area contributed by atoms with Gasteiger partial charge in [-0.1, -0.05) is 6.07 Å². The molecule has 2 heterocycles. The lowest BCUT2D eigenvalue weighted by atomic mass is 9.93. The summed E-state index contributed by atoms with van der Waals surface area (Å²) >= 11 is 0. The number of carboxylic acid groups (broad SMARTS) is 1. The fourth-order valence-electron chi connectivity index (χ4n) is 4.29. The van der Waals surface area contributed by atoms with Crippen LogP contribution >= 0.6 is 0 Å². The van der Waals surface area contributed by atoms with Crippen molar-refractivity contribution in [2.45, 2.75) is 31.3 Å². The van der Waals surface area contributed by atoms with Crippen LogP contribution in [0.4, 0.5) is 50.0 Å². The predicted octanol–water partition coefficient (Wildman–Crippen LogP) is 4.33. The van der Waals surface area contributed by atoms with Gasteiger partial charge in [-0.05, 0) is 6.07 Å². The van der Waals surface area contributed by atoms with Gasteiger partial charge in [0.2, 0.25) is 0 Å². The van der Waals surface area contributed by atoms with Crippen LogP contribution in [0.25, 0.3) is 0 Å². The van der Waals surface area contributed by atoms with Crippen LogP contribution in [0.5, 0.6) is 5.75 Å². The molecule has 2 aliphatic heterocycles. The normalized spacial score (nSPS) is 20.7. The van der Waals surface area contributed by atoms with Crippen molar-refractivity contribution < 1.29 is 58.9 Å². The van der Waals surface area contributed by atoms with Crippen LogP contribution in [0.15, 0.2) is 18.2 Å². The Morgan fingerprint density at radius 3 is 2.14 bits per heavy atom. The highest BCUT2D eigenvalue weighted by Gasteiger charge is 2.62. The van der Waals surface area contributed by atoms with Gasteiger partial charge in [0.1, 0.15) is 5.75 Å². The number of amides is 1. The summed E-state index contributed by atoms with van der Waals surface area (Å²) in [6.07, 6.45) is -18.5. The molecule has 2 saturated heterocycles. The number of piperazine rings is 1. The van der Waals surface area contributed by atoms with Crippen molar-refractivity contribution >= 4 is 11.8 Å². The number of halogens is 9. The molecule has 0 aromatic heterocycles. The molecular weight excluding hydrogens is 517 g/mol. The molecule has 36 heavy (non-hydrogen) atoms. The average molecular weight is 539 g/mol. The highest BCUT2D eigenvalue weighted by Crippen LogP contribution is 2.44. The third-order valence-electron chi connectivity index (χ3n) is 5.92. The molecule has 1 atom stereocenters. The number of carbonyl (C=O) groups is 1. The van der Waals surface area contributed by atoms with E-state index in [2.05, 4.69) is 4.74 Å². The number of benzene rings is 1. The van der Waals surface area contributed by atoms with Crippen molar-refractivity contribution in [2.75, 3.05) is 50.8 Å². The van der Waals surface area contributed by atoms with E-state index in [4.69, 9.17) is 9.84 Å². The van der Waals surface area contributed by atoms with Gasteiger partial charge in [0, 0.05) is 62.6 Å². The zero-order chi connectivity index (χ0) is 26.9. The van der Waals surface area contributed by atoms with Gasteiger partial charge < -0.3 is 24.4 Å². The maximum Gasteiger partial charge on any atom is 0.573 e. The molecule has 1 unspecified atom stereocenters. The number of hydrogen-bond acceptors (Lipinski definition) is 5. The van der Waals surface area contributed by atoms with E-state index in [1.807, 2.05) is 0 Å². The molecule has 2 fully saturated rings. The Hall–Kier alpha value is -2.62. The summed E-state index contributed by atoms with van der Waals surface area (Å²) in [7, 11) is 0. The second kappa shape index (κ2) is 10.4. The molecule has 0 saturated carbocycles. The fourth-order valence-corrected chi connectivity index (χ4v) is 4.29. The predicted molar refractivity (Wildman–Crippen MR) is 106 cm³/mol. The maximum absolute atomic E-state index is 13.5. The smallest absolute Gasteiger partial charge is 0.465 e. The van der Waals surface area contributed by atoms with E-state index in [-0.39, 0.29) is 5.56 Å². The van der Waals surface area contributed by atoms with E-state index < -0.39 is 68.7 Å². The van der Waals surface area contributed by atoms with Crippen LogP contribution in [-0.4, -0.2) is 91.7 Å². The molecule has 1 aromatic rings. The molecule has 1 amide bonds. The molecule has 3 rings (SSSR count). The molecule has 0 bridgehead atoms. The van der Waals surface area contributed by atoms with E-state index in [1.54, 1.807) is 4.90 Å². The molecule has 1 N–H and O–H groups in total. The SMILES string of the molecule is O=C(O)N1CCN(Cc2ccc(N3CCOCC3)cc2OC(F)(F)F)C(C(C(F)(F)F)C(F)(F)F)C1. The van der Waals surface area contributed by atoms with Crippen molar-refractivity contribution in [1.82, 2.24) is 9.80 Å². The minimum atomic E-state index is -5.78. The van der Waals surface area contributed by atoms with Gasteiger partial charge in [-0.2, -0.15) is 26.3 Å². The van der Waals surface area contributed by atoms with Crippen molar-refractivity contribution in [3.8, 4) is 5.75 Å². The lowest BCUT2D eigenvalue weighted by Gasteiger charge is -2.44. The Morgan fingerprint density at radius 1 is 1.00 bits per heavy atom. The summed E-state index contributed by atoms with van der Waals surface area (Å²) in [5.74, 6) is -4.70. The number of rotatable bonds is 5. The molecule has 2 aliphatic rings. The number of ether oxygens (including phenoxy) is 2. The number of nitrogens with zero attached hydrogens (tertiary/aromatic N) is 3. The molecule has 0 spiro atoms. The fraction of sp³-hybridized carbons (Fsp3) is 0.650. The van der Waals surface area contributed by atoms with Crippen molar-refractivity contribution in [3.05, 3.63) is 23.8 Å². The second-order valence-electron chi connectivity index (χ2n) is 8.27. The van der Waals surface area contributed by atoms with Gasteiger partial charge in [0.25, 0.3) is 0 Å². The first-order valence-corrected chi connectivity index (χ1v) is 10.6. The first-order valence-electron chi connectivity index (χ1n) is 10.6. The molecular formula is C20H22F9N3O4. The third-order valence-corrected chi connectivity index (χ3v) is 5.92. The molecule has 0 radical (unpaired) electrons. The maximum atomic E-state index is 13.5. The zero-order valence-electron chi connectivity index (χ0n) is 18.5. The van der Waals surface area contributed by atoms with Crippen LogP contribution in [0.1, 0.15) is 5.56 Å². The summed E-state index contributed by atoms with van der Waals surface area (Å²) in [5, 5.41) is 9.13. The third kappa shape index (κ3) is 6.99. The highest BCUT2D eigenvalue weighted by atomic mass is 19.4. The largest absolute Gasteiger partial charge is 0.573 e. The summed E-state index contributed by atoms with van der Waals surface area (Å²) in [6.45, 7) is -1.60. The van der Waals surface area contributed by atoms with E-state index in [0.717, 1.165) is 12.1 Å². The summed E-state index contributed by atoms with van der Waals surface area (Å²) in [4.78, 5) is 14.1. The van der Waals surface area contributed by atoms with Crippen molar-refractivity contribution in [1.29, 1.82) is 0 Å². The molecule has 7 nitrogen and oxygen atoms in total. The van der Waals surface area contributed by atoms with Crippen molar-refractivity contribution in [3.63, 3.8) is 0 Å². The lowest BCUT2D eigenvalue weighted by molar-refractivity contribution is -0.302. The Balaban J connectivity index is 1.97. The minimum Gasteiger partial charge on any atom is -0.465 e. The van der Waals surface area contributed by atoms with Crippen LogP contribution < -0.4 is 9.64 Å². The second-order valence-corrected chi connectivity index (χ2v) is 8.27. The Morgan fingerprint density at radius 2 is 1.61 bits per heavy atom. The van der Waals surface area contributed by atoms with Gasteiger partial charge >= 0.3 is 24.8 Å². The Bertz CT molecular complexity index is 903. The first kappa shape index (κ1) is 28.0. The average Bonchev–Trinajstić information content (AvgIpc) is 2.73. The van der Waals surface area contributed by atoms with E-state index in [1.165, 1.54) is 6.07 Å². The van der Waals surface area contributed by atoms with Gasteiger partial charge in [-0.15, -0.1) is 13.2 Å². The van der Waals surface area contributed by atoms with Crippen LogP contribution in [0.3, 0.4) is 0 Å². The van der Waals surface area contributed by atoms with Crippen LogP contribution in [0, 0.1) is 5.92 Å². The molecule has 1 aromatic carbocycles. The van der Waals surface area contributed by atoms with Crippen LogP contribution in [-0.2, 0) is 11.3 Å². The van der Waals surface area contributed by atoms with Gasteiger partial charge in [-0.3, -0.25) is 4.90 Å². The van der Waals surface area contributed by atoms with E-state index in [0.29, 0.717) is 41.8 Å². The van der Waals surface area contributed by atoms with E-state index >= 15 is 0 Å². The van der Waals surface area contributed by atoms with Gasteiger partial charge in [0.15, 0.2) is 5.92 Å².